The van der Waals surface area contributed by atoms with Gasteiger partial charge < -0.3 is 20.1 Å². The van der Waals surface area contributed by atoms with E-state index in [1.54, 1.807) is 6.92 Å². The van der Waals surface area contributed by atoms with Crippen LogP contribution in [0, 0.1) is 13.8 Å². The SMILES string of the molecule is CCNC(=NCCOc1cccc(C)c1)NC(C)c1nc(C)c(C(=O)OCC)s1. The quantitative estimate of drug-likeness (QED) is 0.280. The Morgan fingerprint density at radius 2 is 2.10 bits per heavy atom. The number of hydrogen-bond acceptors (Lipinski definition) is 6. The number of aryl methyl sites for hydroxylation is 2. The number of rotatable bonds is 9. The zero-order valence-corrected chi connectivity index (χ0v) is 18.6. The molecule has 0 aliphatic rings. The third-order valence-corrected chi connectivity index (χ3v) is 5.28. The highest BCUT2D eigenvalue weighted by Crippen LogP contribution is 2.24. The maximum absolute atomic E-state index is 12.0. The summed E-state index contributed by atoms with van der Waals surface area (Å²) in [7, 11) is 0. The van der Waals surface area contributed by atoms with Crippen LogP contribution in [0.4, 0.5) is 0 Å². The Morgan fingerprint density at radius 3 is 2.79 bits per heavy atom. The fourth-order valence-electron chi connectivity index (χ4n) is 2.60. The van der Waals surface area contributed by atoms with Crippen LogP contribution in [0.15, 0.2) is 29.3 Å². The van der Waals surface area contributed by atoms with Gasteiger partial charge in [-0.15, -0.1) is 11.3 Å². The van der Waals surface area contributed by atoms with Crippen LogP contribution >= 0.6 is 11.3 Å². The van der Waals surface area contributed by atoms with Crippen molar-refractivity contribution in [3.05, 3.63) is 45.4 Å². The molecule has 1 aromatic heterocycles. The first-order chi connectivity index (χ1) is 13.9. The van der Waals surface area contributed by atoms with Crippen molar-refractivity contribution in [2.75, 3.05) is 26.3 Å². The first-order valence-corrected chi connectivity index (χ1v) is 10.6. The van der Waals surface area contributed by atoms with E-state index in [0.717, 1.165) is 22.9 Å². The van der Waals surface area contributed by atoms with E-state index >= 15 is 0 Å². The van der Waals surface area contributed by atoms with Crippen LogP contribution in [0.2, 0.25) is 0 Å². The zero-order chi connectivity index (χ0) is 21.2. The second-order valence-corrected chi connectivity index (χ2v) is 7.51. The van der Waals surface area contributed by atoms with Crippen LogP contribution in [0.3, 0.4) is 0 Å². The predicted molar refractivity (Wildman–Crippen MR) is 117 cm³/mol. The molecule has 8 heteroatoms. The molecular weight excluding hydrogens is 388 g/mol. The predicted octanol–water partition coefficient (Wildman–Crippen LogP) is 3.63. The molecule has 1 atom stereocenters. The fraction of sp³-hybridized carbons (Fsp3) is 0.476. The molecule has 1 aromatic carbocycles. The molecule has 0 amide bonds. The Kier molecular flexibility index (Phi) is 8.92. The topological polar surface area (TPSA) is 84.8 Å². The summed E-state index contributed by atoms with van der Waals surface area (Å²) < 4.78 is 10.8. The molecular formula is C21H30N4O3S. The number of thiazole rings is 1. The first-order valence-electron chi connectivity index (χ1n) is 9.83. The number of hydrogen-bond donors (Lipinski definition) is 2. The average molecular weight is 419 g/mol. The summed E-state index contributed by atoms with van der Waals surface area (Å²) in [5.74, 6) is 1.20. The Labute approximate surface area is 176 Å². The number of esters is 1. The third-order valence-electron chi connectivity index (χ3n) is 3.96. The standard InChI is InChI=1S/C21H30N4O3S/c1-6-22-21(23-11-12-28-17-10-8-9-14(3)13-17)25-16(5)19-24-15(4)18(29-19)20(26)27-7-2/h8-10,13,16H,6-7,11-12H2,1-5H3,(H2,22,23,25). The van der Waals surface area contributed by atoms with Crippen LogP contribution < -0.4 is 15.4 Å². The largest absolute Gasteiger partial charge is 0.492 e. The summed E-state index contributed by atoms with van der Waals surface area (Å²) in [6.45, 7) is 11.7. The van der Waals surface area contributed by atoms with Gasteiger partial charge in [0.05, 0.1) is 24.9 Å². The summed E-state index contributed by atoms with van der Waals surface area (Å²) >= 11 is 1.35. The minimum absolute atomic E-state index is 0.0997. The van der Waals surface area contributed by atoms with Gasteiger partial charge in [0, 0.05) is 6.54 Å². The lowest BCUT2D eigenvalue weighted by Gasteiger charge is -2.16. The van der Waals surface area contributed by atoms with Crippen molar-refractivity contribution in [1.29, 1.82) is 0 Å². The van der Waals surface area contributed by atoms with Crippen molar-refractivity contribution in [2.45, 2.75) is 40.7 Å². The number of benzene rings is 1. The Bertz CT molecular complexity index is 835. The summed E-state index contributed by atoms with van der Waals surface area (Å²) in [5, 5.41) is 7.37. The molecule has 0 fully saturated rings. The van der Waals surface area contributed by atoms with Gasteiger partial charge in [0.2, 0.25) is 0 Å². The van der Waals surface area contributed by atoms with E-state index in [2.05, 4.69) is 20.6 Å². The molecule has 2 N–H and O–H groups in total. The molecule has 0 saturated heterocycles. The molecule has 0 aliphatic heterocycles. The van der Waals surface area contributed by atoms with E-state index in [1.165, 1.54) is 11.3 Å². The van der Waals surface area contributed by atoms with Crippen LogP contribution in [-0.4, -0.2) is 43.2 Å². The van der Waals surface area contributed by atoms with E-state index in [0.29, 0.717) is 36.3 Å². The van der Waals surface area contributed by atoms with Crippen LogP contribution in [0.25, 0.3) is 0 Å². The maximum atomic E-state index is 12.0. The van der Waals surface area contributed by atoms with Gasteiger partial charge in [-0.2, -0.15) is 0 Å². The molecule has 0 spiro atoms. The van der Waals surface area contributed by atoms with E-state index in [-0.39, 0.29) is 12.0 Å². The Morgan fingerprint density at radius 1 is 1.31 bits per heavy atom. The van der Waals surface area contributed by atoms with E-state index in [1.807, 2.05) is 52.0 Å². The van der Waals surface area contributed by atoms with Gasteiger partial charge in [-0.1, -0.05) is 12.1 Å². The van der Waals surface area contributed by atoms with Gasteiger partial charge in [0.15, 0.2) is 5.96 Å². The molecule has 2 rings (SSSR count). The van der Waals surface area contributed by atoms with Gasteiger partial charge in [0.1, 0.15) is 22.2 Å². The Balaban J connectivity index is 1.95. The second kappa shape index (κ2) is 11.4. The number of nitrogens with zero attached hydrogens (tertiary/aromatic N) is 2. The van der Waals surface area contributed by atoms with Gasteiger partial charge in [0.25, 0.3) is 0 Å². The number of nitrogens with one attached hydrogen (secondary N) is 2. The van der Waals surface area contributed by atoms with Gasteiger partial charge in [-0.05, 0) is 52.3 Å². The van der Waals surface area contributed by atoms with Gasteiger partial charge in [-0.3, -0.25) is 0 Å². The van der Waals surface area contributed by atoms with Crippen molar-refractivity contribution >= 4 is 23.3 Å². The lowest BCUT2D eigenvalue weighted by molar-refractivity contribution is 0.0531. The van der Waals surface area contributed by atoms with Crippen LogP contribution in [0.1, 0.15) is 52.7 Å². The first kappa shape index (κ1) is 22.7. The number of aromatic nitrogens is 1. The smallest absolute Gasteiger partial charge is 0.350 e. The highest BCUT2D eigenvalue weighted by Gasteiger charge is 2.20. The van der Waals surface area contributed by atoms with Crippen molar-refractivity contribution in [3.63, 3.8) is 0 Å². The highest BCUT2D eigenvalue weighted by molar-refractivity contribution is 7.13. The lowest BCUT2D eigenvalue weighted by atomic mass is 10.2. The van der Waals surface area contributed by atoms with Crippen molar-refractivity contribution < 1.29 is 14.3 Å². The summed E-state index contributed by atoms with van der Waals surface area (Å²) in [4.78, 5) is 21.6. The number of ether oxygens (including phenoxy) is 2. The third kappa shape index (κ3) is 7.05. The summed E-state index contributed by atoms with van der Waals surface area (Å²) in [5.41, 5.74) is 1.85. The second-order valence-electron chi connectivity index (χ2n) is 6.48. The van der Waals surface area contributed by atoms with Gasteiger partial charge in [-0.25, -0.2) is 14.8 Å². The fourth-order valence-corrected chi connectivity index (χ4v) is 3.56. The Hall–Kier alpha value is -2.61. The number of guanidine groups is 1. The molecule has 29 heavy (non-hydrogen) atoms. The van der Waals surface area contributed by atoms with Gasteiger partial charge >= 0.3 is 5.97 Å². The average Bonchev–Trinajstić information content (AvgIpc) is 3.07. The molecule has 0 aliphatic carbocycles. The van der Waals surface area contributed by atoms with Crippen molar-refractivity contribution in [1.82, 2.24) is 15.6 Å². The molecule has 2 aromatic rings. The number of carbonyl (C=O) groups is 1. The van der Waals surface area contributed by atoms with E-state index in [4.69, 9.17) is 9.47 Å². The molecule has 0 saturated carbocycles. The molecule has 158 valence electrons. The minimum Gasteiger partial charge on any atom is -0.492 e. The van der Waals surface area contributed by atoms with Crippen molar-refractivity contribution in [3.8, 4) is 5.75 Å². The summed E-state index contributed by atoms with van der Waals surface area (Å²) in [6.07, 6.45) is 0. The molecule has 0 bridgehead atoms. The van der Waals surface area contributed by atoms with E-state index < -0.39 is 0 Å². The molecule has 1 heterocycles. The van der Waals surface area contributed by atoms with Crippen LogP contribution in [0.5, 0.6) is 5.75 Å². The monoisotopic (exact) mass is 418 g/mol. The minimum atomic E-state index is -0.324. The number of aliphatic imine (C=N–C) groups is 1. The van der Waals surface area contributed by atoms with Crippen molar-refractivity contribution in [2.24, 2.45) is 4.99 Å². The molecule has 0 radical (unpaired) electrons. The summed E-state index contributed by atoms with van der Waals surface area (Å²) in [6, 6.07) is 7.85. The molecule has 1 unspecified atom stereocenters. The maximum Gasteiger partial charge on any atom is 0.350 e. The zero-order valence-electron chi connectivity index (χ0n) is 17.7. The van der Waals surface area contributed by atoms with E-state index in [9.17, 15) is 4.79 Å². The highest BCUT2D eigenvalue weighted by atomic mass is 32.1. The lowest BCUT2D eigenvalue weighted by Crippen LogP contribution is -2.39. The normalized spacial score (nSPS) is 12.4. The molecule has 7 nitrogen and oxygen atoms in total. The number of carbonyl (C=O) groups excluding carboxylic acids is 1. The van der Waals surface area contributed by atoms with Crippen LogP contribution in [-0.2, 0) is 4.74 Å².